The topological polar surface area (TPSA) is 37.4 Å². The molecule has 0 saturated carbocycles. The van der Waals surface area contributed by atoms with E-state index in [1.54, 1.807) is 0 Å². The van der Waals surface area contributed by atoms with Crippen LogP contribution in [0.4, 0.5) is 0 Å². The number of ketones is 1. The molecule has 0 bridgehead atoms. The van der Waals surface area contributed by atoms with Crippen LogP contribution in [0.15, 0.2) is 18.2 Å². The van der Waals surface area contributed by atoms with Crippen molar-refractivity contribution in [2.75, 3.05) is 13.1 Å². The molecule has 3 rings (SSSR count). The summed E-state index contributed by atoms with van der Waals surface area (Å²) in [6.07, 6.45) is 6.50. The van der Waals surface area contributed by atoms with Gasteiger partial charge in [0.15, 0.2) is 5.78 Å². The lowest BCUT2D eigenvalue weighted by Crippen LogP contribution is -2.42. The van der Waals surface area contributed by atoms with E-state index in [2.05, 4.69) is 6.07 Å². The molecular weight excluding hydrogens is 250 g/mol. The highest BCUT2D eigenvalue weighted by atomic mass is 16.2. The molecule has 1 aliphatic carbocycles. The maximum atomic E-state index is 12.2. The van der Waals surface area contributed by atoms with Gasteiger partial charge in [-0.15, -0.1) is 0 Å². The van der Waals surface area contributed by atoms with E-state index in [1.807, 2.05) is 17.0 Å². The number of benzene rings is 1. The minimum absolute atomic E-state index is 0.104. The van der Waals surface area contributed by atoms with Crippen molar-refractivity contribution in [3.05, 3.63) is 34.9 Å². The van der Waals surface area contributed by atoms with Crippen LogP contribution in [0.1, 0.15) is 53.6 Å². The Morgan fingerprint density at radius 2 is 1.70 bits per heavy atom. The fraction of sp³-hybridized carbons (Fsp3) is 0.529. The molecule has 1 aromatic rings. The molecule has 1 saturated heterocycles. The number of amides is 1. The van der Waals surface area contributed by atoms with Gasteiger partial charge in [-0.25, -0.2) is 0 Å². The Balaban J connectivity index is 1.60. The van der Waals surface area contributed by atoms with Crippen LogP contribution in [-0.4, -0.2) is 29.7 Å². The highest BCUT2D eigenvalue weighted by molar-refractivity contribution is 5.98. The average Bonchev–Trinajstić information content (AvgIpc) is 2.42. The van der Waals surface area contributed by atoms with Gasteiger partial charge < -0.3 is 4.90 Å². The number of carbonyl (C=O) groups excluding carboxylic acids is 2. The Labute approximate surface area is 120 Å². The van der Waals surface area contributed by atoms with Crippen LogP contribution in [-0.2, 0) is 17.6 Å². The second-order valence-electron chi connectivity index (χ2n) is 5.85. The van der Waals surface area contributed by atoms with Crippen molar-refractivity contribution in [2.45, 2.75) is 44.9 Å². The van der Waals surface area contributed by atoms with Crippen LogP contribution in [0.5, 0.6) is 0 Å². The molecule has 0 radical (unpaired) electrons. The molecule has 3 heteroatoms. The summed E-state index contributed by atoms with van der Waals surface area (Å²) in [5.41, 5.74) is 3.50. The van der Waals surface area contributed by atoms with E-state index in [4.69, 9.17) is 0 Å². The summed E-state index contributed by atoms with van der Waals surface area (Å²) >= 11 is 0. The van der Waals surface area contributed by atoms with E-state index < -0.39 is 0 Å². The van der Waals surface area contributed by atoms with Crippen molar-refractivity contribution in [1.29, 1.82) is 0 Å². The summed E-state index contributed by atoms with van der Waals surface area (Å²) in [5.74, 6) is 0.231. The van der Waals surface area contributed by atoms with Crippen LogP contribution >= 0.6 is 0 Å². The van der Waals surface area contributed by atoms with Gasteiger partial charge >= 0.3 is 0 Å². The number of nitrogens with zero attached hydrogens (tertiary/aromatic N) is 1. The van der Waals surface area contributed by atoms with Crippen molar-refractivity contribution >= 4 is 11.7 Å². The maximum Gasteiger partial charge on any atom is 0.223 e. The van der Waals surface area contributed by atoms with Gasteiger partial charge in [0, 0.05) is 31.5 Å². The first-order valence-electron chi connectivity index (χ1n) is 7.67. The molecular formula is C17H21NO2. The van der Waals surface area contributed by atoms with Gasteiger partial charge in [-0.1, -0.05) is 12.1 Å². The van der Waals surface area contributed by atoms with Gasteiger partial charge in [-0.3, -0.25) is 9.59 Å². The second kappa shape index (κ2) is 5.78. The molecule has 1 amide bonds. The molecule has 0 atom stereocenters. The van der Waals surface area contributed by atoms with E-state index in [-0.39, 0.29) is 11.7 Å². The summed E-state index contributed by atoms with van der Waals surface area (Å²) < 4.78 is 0. The SMILES string of the molecule is O=C(CCC(=O)N1CCC1)c1ccc2c(c1)CCCC2. The number of aryl methyl sites for hydroxylation is 2. The second-order valence-corrected chi connectivity index (χ2v) is 5.85. The lowest BCUT2D eigenvalue weighted by molar-refractivity contribution is -0.134. The monoisotopic (exact) mass is 271 g/mol. The largest absolute Gasteiger partial charge is 0.343 e. The third-order valence-corrected chi connectivity index (χ3v) is 4.45. The Bertz CT molecular complexity index is 532. The van der Waals surface area contributed by atoms with Crippen molar-refractivity contribution in [1.82, 2.24) is 4.90 Å². The fourth-order valence-electron chi connectivity index (χ4n) is 3.00. The molecule has 20 heavy (non-hydrogen) atoms. The van der Waals surface area contributed by atoms with Crippen LogP contribution in [0.2, 0.25) is 0 Å². The summed E-state index contributed by atoms with van der Waals surface area (Å²) in [6.45, 7) is 1.73. The highest BCUT2D eigenvalue weighted by Gasteiger charge is 2.21. The Hall–Kier alpha value is -1.64. The van der Waals surface area contributed by atoms with Crippen LogP contribution in [0.3, 0.4) is 0 Å². The van der Waals surface area contributed by atoms with E-state index in [1.165, 1.54) is 24.0 Å². The zero-order valence-electron chi connectivity index (χ0n) is 11.9. The fourth-order valence-corrected chi connectivity index (χ4v) is 3.00. The standard InChI is InChI=1S/C17H21NO2/c19-16(8-9-17(20)18-10-3-11-18)15-7-6-13-4-1-2-5-14(13)12-15/h6-7,12H,1-5,8-11H2. The number of hydrogen-bond acceptors (Lipinski definition) is 2. The lowest BCUT2D eigenvalue weighted by atomic mass is 9.89. The first-order chi connectivity index (χ1) is 9.74. The predicted molar refractivity (Wildman–Crippen MR) is 77.8 cm³/mol. The number of likely N-dealkylation sites (tertiary alicyclic amines) is 1. The van der Waals surface area contributed by atoms with Crippen LogP contribution < -0.4 is 0 Å². The first kappa shape index (κ1) is 13.3. The van der Waals surface area contributed by atoms with E-state index in [9.17, 15) is 9.59 Å². The van der Waals surface area contributed by atoms with Crippen molar-refractivity contribution in [2.24, 2.45) is 0 Å². The molecule has 0 aromatic heterocycles. The molecule has 1 aliphatic heterocycles. The lowest BCUT2D eigenvalue weighted by Gasteiger charge is -2.30. The summed E-state index contributed by atoms with van der Waals surface area (Å²) in [4.78, 5) is 25.8. The summed E-state index contributed by atoms with van der Waals surface area (Å²) in [6, 6.07) is 6.07. The zero-order valence-corrected chi connectivity index (χ0v) is 11.9. The van der Waals surface area contributed by atoms with Gasteiger partial charge in [-0.2, -0.15) is 0 Å². The van der Waals surface area contributed by atoms with E-state index in [0.29, 0.717) is 12.8 Å². The van der Waals surface area contributed by atoms with E-state index in [0.717, 1.165) is 37.9 Å². The van der Waals surface area contributed by atoms with Crippen molar-refractivity contribution in [3.63, 3.8) is 0 Å². The van der Waals surface area contributed by atoms with Crippen molar-refractivity contribution in [3.8, 4) is 0 Å². The Kier molecular flexibility index (Phi) is 3.86. The minimum Gasteiger partial charge on any atom is -0.343 e. The van der Waals surface area contributed by atoms with Crippen LogP contribution in [0, 0.1) is 0 Å². The molecule has 1 aromatic carbocycles. The van der Waals surface area contributed by atoms with Crippen LogP contribution in [0.25, 0.3) is 0 Å². The highest BCUT2D eigenvalue weighted by Crippen LogP contribution is 2.23. The molecule has 1 heterocycles. The third-order valence-electron chi connectivity index (χ3n) is 4.45. The van der Waals surface area contributed by atoms with Gasteiger partial charge in [-0.05, 0) is 49.3 Å². The number of hydrogen-bond donors (Lipinski definition) is 0. The number of fused-ring (bicyclic) bond motifs is 1. The van der Waals surface area contributed by atoms with Gasteiger partial charge in [0.1, 0.15) is 0 Å². The zero-order chi connectivity index (χ0) is 13.9. The molecule has 0 spiro atoms. The smallest absolute Gasteiger partial charge is 0.223 e. The quantitative estimate of drug-likeness (QED) is 0.790. The number of rotatable bonds is 4. The number of carbonyl (C=O) groups is 2. The van der Waals surface area contributed by atoms with Gasteiger partial charge in [0.25, 0.3) is 0 Å². The van der Waals surface area contributed by atoms with E-state index >= 15 is 0 Å². The predicted octanol–water partition coefficient (Wildman–Crippen LogP) is 2.76. The molecule has 0 N–H and O–H groups in total. The van der Waals surface area contributed by atoms with Gasteiger partial charge in [0.2, 0.25) is 5.91 Å². The number of Topliss-reactive ketones (excluding diaryl/α,β-unsaturated/α-hetero) is 1. The summed E-state index contributed by atoms with van der Waals surface area (Å²) in [5, 5.41) is 0. The molecule has 106 valence electrons. The van der Waals surface area contributed by atoms with Gasteiger partial charge in [0.05, 0.1) is 0 Å². The maximum absolute atomic E-state index is 12.2. The molecule has 1 fully saturated rings. The molecule has 3 nitrogen and oxygen atoms in total. The summed E-state index contributed by atoms with van der Waals surface area (Å²) in [7, 11) is 0. The third kappa shape index (κ3) is 2.77. The Morgan fingerprint density at radius 1 is 0.950 bits per heavy atom. The van der Waals surface area contributed by atoms with Crippen molar-refractivity contribution < 1.29 is 9.59 Å². The average molecular weight is 271 g/mol. The molecule has 2 aliphatic rings. The minimum atomic E-state index is 0.104. The first-order valence-corrected chi connectivity index (χ1v) is 7.67. The molecule has 0 unspecified atom stereocenters. The normalized spacial score (nSPS) is 17.3. The Morgan fingerprint density at radius 3 is 2.40 bits per heavy atom.